The van der Waals surface area contributed by atoms with Crippen LogP contribution in [-0.4, -0.2) is 63.0 Å². The Labute approximate surface area is 206 Å². The molecule has 4 heterocycles. The maximum atomic E-state index is 12.7. The van der Waals surface area contributed by atoms with Gasteiger partial charge in [0, 0.05) is 43.4 Å². The number of fused-ring (bicyclic) bond motifs is 3. The lowest BCUT2D eigenvalue weighted by atomic mass is 9.74. The van der Waals surface area contributed by atoms with Gasteiger partial charge in [-0.15, -0.1) is 0 Å². The van der Waals surface area contributed by atoms with Crippen LogP contribution in [0.15, 0.2) is 59.5 Å². The first-order chi connectivity index (χ1) is 16.9. The molecule has 4 unspecified atom stereocenters. The van der Waals surface area contributed by atoms with Crippen molar-refractivity contribution < 1.29 is 17.9 Å². The quantitative estimate of drug-likeness (QED) is 0.515. The van der Waals surface area contributed by atoms with E-state index in [0.29, 0.717) is 34.8 Å². The second kappa shape index (κ2) is 9.64. The van der Waals surface area contributed by atoms with E-state index in [0.717, 1.165) is 37.2 Å². The first kappa shape index (κ1) is 23.8. The number of benzene rings is 2. The van der Waals surface area contributed by atoms with Gasteiger partial charge in [-0.1, -0.05) is 18.2 Å². The predicted molar refractivity (Wildman–Crippen MR) is 134 cm³/mol. The van der Waals surface area contributed by atoms with Crippen LogP contribution in [0.1, 0.15) is 24.5 Å². The average Bonchev–Trinajstić information content (AvgIpc) is 3.29. The van der Waals surface area contributed by atoms with Gasteiger partial charge in [0.05, 0.1) is 24.8 Å². The number of nitrogens with one attached hydrogen (secondary N) is 1. The van der Waals surface area contributed by atoms with Crippen LogP contribution < -0.4 is 14.2 Å². The van der Waals surface area contributed by atoms with Gasteiger partial charge in [0.25, 0.3) is 0 Å². The lowest BCUT2D eigenvalue weighted by Gasteiger charge is -2.49. The van der Waals surface area contributed by atoms with Gasteiger partial charge in [-0.3, -0.25) is 9.58 Å². The van der Waals surface area contributed by atoms with E-state index in [1.54, 1.807) is 38.5 Å². The van der Waals surface area contributed by atoms with Crippen molar-refractivity contribution in [1.82, 2.24) is 19.4 Å². The molecule has 4 atom stereocenters. The molecule has 3 aromatic rings. The topological polar surface area (TPSA) is 85.7 Å². The fourth-order valence-electron chi connectivity index (χ4n) is 5.54. The summed E-state index contributed by atoms with van der Waals surface area (Å²) in [5.41, 5.74) is 3.11. The monoisotopic (exact) mass is 496 g/mol. The van der Waals surface area contributed by atoms with Crippen molar-refractivity contribution in [2.75, 3.05) is 33.9 Å². The summed E-state index contributed by atoms with van der Waals surface area (Å²) in [6, 6.07) is 16.8. The molecule has 2 bridgehead atoms. The minimum Gasteiger partial charge on any atom is -0.493 e. The Kier molecular flexibility index (Phi) is 6.57. The van der Waals surface area contributed by atoms with E-state index in [9.17, 15) is 8.42 Å². The number of nitrogens with zero attached hydrogens (tertiary/aromatic N) is 3. The van der Waals surface area contributed by atoms with Crippen molar-refractivity contribution in [3.63, 3.8) is 0 Å². The van der Waals surface area contributed by atoms with Crippen molar-refractivity contribution in [3.8, 4) is 22.8 Å². The molecule has 6 rings (SSSR count). The largest absolute Gasteiger partial charge is 0.493 e. The highest BCUT2D eigenvalue weighted by Gasteiger charge is 2.42. The van der Waals surface area contributed by atoms with Crippen LogP contribution in [0.4, 0.5) is 0 Å². The number of aryl methyl sites for hydroxylation is 1. The SMILES string of the molecule is COc1ccc(-c2cc(C3CN4CCC3CC4CNS(=O)(=O)c3ccccc3)n(C)n2)cc1OC. The van der Waals surface area contributed by atoms with Crippen LogP contribution in [0.2, 0.25) is 0 Å². The summed E-state index contributed by atoms with van der Waals surface area (Å²) in [6.45, 7) is 2.34. The highest BCUT2D eigenvalue weighted by atomic mass is 32.2. The van der Waals surface area contributed by atoms with E-state index in [1.807, 2.05) is 36.0 Å². The van der Waals surface area contributed by atoms with Gasteiger partial charge in [0.1, 0.15) is 0 Å². The molecule has 3 fully saturated rings. The number of ether oxygens (including phenoxy) is 2. The first-order valence-electron chi connectivity index (χ1n) is 11.9. The summed E-state index contributed by atoms with van der Waals surface area (Å²) in [4.78, 5) is 2.74. The lowest BCUT2D eigenvalue weighted by Crippen LogP contribution is -2.56. The summed E-state index contributed by atoms with van der Waals surface area (Å²) in [5.74, 6) is 2.25. The number of hydrogen-bond donors (Lipinski definition) is 1. The minimum atomic E-state index is -3.50. The van der Waals surface area contributed by atoms with E-state index in [-0.39, 0.29) is 6.04 Å². The molecular formula is C26H32N4O4S. The highest BCUT2D eigenvalue weighted by Crippen LogP contribution is 2.42. The fraction of sp³-hybridized carbons (Fsp3) is 0.423. The molecule has 3 aliphatic heterocycles. The van der Waals surface area contributed by atoms with Crippen molar-refractivity contribution in [2.45, 2.75) is 29.7 Å². The smallest absolute Gasteiger partial charge is 0.240 e. The van der Waals surface area contributed by atoms with Gasteiger partial charge in [-0.2, -0.15) is 5.10 Å². The zero-order valence-electron chi connectivity index (χ0n) is 20.3. The summed E-state index contributed by atoms with van der Waals surface area (Å²) < 4.78 is 41.0. The van der Waals surface area contributed by atoms with E-state index < -0.39 is 10.0 Å². The summed E-state index contributed by atoms with van der Waals surface area (Å²) in [7, 11) is 1.77. The first-order valence-corrected chi connectivity index (χ1v) is 13.4. The molecule has 0 aliphatic carbocycles. The Morgan fingerprint density at radius 1 is 1.06 bits per heavy atom. The van der Waals surface area contributed by atoms with Gasteiger partial charge < -0.3 is 9.47 Å². The van der Waals surface area contributed by atoms with Crippen LogP contribution in [0.25, 0.3) is 11.3 Å². The number of methoxy groups -OCH3 is 2. The van der Waals surface area contributed by atoms with E-state index in [2.05, 4.69) is 15.7 Å². The molecule has 0 radical (unpaired) electrons. The van der Waals surface area contributed by atoms with Crippen LogP contribution in [-0.2, 0) is 17.1 Å². The maximum Gasteiger partial charge on any atom is 0.240 e. The predicted octanol–water partition coefficient (Wildman–Crippen LogP) is 3.26. The van der Waals surface area contributed by atoms with Crippen molar-refractivity contribution in [3.05, 3.63) is 60.3 Å². The van der Waals surface area contributed by atoms with Crippen LogP contribution >= 0.6 is 0 Å². The molecule has 186 valence electrons. The average molecular weight is 497 g/mol. The van der Waals surface area contributed by atoms with Gasteiger partial charge in [0.15, 0.2) is 11.5 Å². The summed E-state index contributed by atoms with van der Waals surface area (Å²) >= 11 is 0. The van der Waals surface area contributed by atoms with E-state index in [4.69, 9.17) is 14.6 Å². The third kappa shape index (κ3) is 4.68. The molecular weight excluding hydrogens is 464 g/mol. The van der Waals surface area contributed by atoms with Crippen molar-refractivity contribution in [1.29, 1.82) is 0 Å². The summed E-state index contributed by atoms with van der Waals surface area (Å²) in [6.07, 6.45) is 2.09. The minimum absolute atomic E-state index is 0.210. The number of rotatable bonds is 8. The Morgan fingerprint density at radius 2 is 1.83 bits per heavy atom. The van der Waals surface area contributed by atoms with Crippen LogP contribution in [0.3, 0.4) is 0 Å². The van der Waals surface area contributed by atoms with Gasteiger partial charge >= 0.3 is 0 Å². The number of aromatic nitrogens is 2. The number of sulfonamides is 1. The Hall–Kier alpha value is -2.88. The van der Waals surface area contributed by atoms with E-state index in [1.165, 1.54) is 5.69 Å². The molecule has 3 saturated heterocycles. The molecule has 2 aromatic carbocycles. The molecule has 3 aliphatic rings. The fourth-order valence-corrected chi connectivity index (χ4v) is 6.63. The van der Waals surface area contributed by atoms with Gasteiger partial charge in [-0.25, -0.2) is 13.1 Å². The van der Waals surface area contributed by atoms with Gasteiger partial charge in [0.2, 0.25) is 10.0 Å². The Bertz CT molecular complexity index is 1290. The second-order valence-corrected chi connectivity index (χ2v) is 11.1. The Balaban J connectivity index is 1.29. The number of hydrogen-bond acceptors (Lipinski definition) is 6. The second-order valence-electron chi connectivity index (χ2n) is 9.35. The van der Waals surface area contributed by atoms with Gasteiger partial charge in [-0.05, 0) is 61.7 Å². The third-order valence-electron chi connectivity index (χ3n) is 7.42. The zero-order valence-corrected chi connectivity index (χ0v) is 21.2. The normalized spacial score (nSPS) is 23.9. The molecule has 8 nitrogen and oxygen atoms in total. The molecule has 1 aromatic heterocycles. The summed E-state index contributed by atoms with van der Waals surface area (Å²) in [5, 5.41) is 4.80. The lowest BCUT2D eigenvalue weighted by molar-refractivity contribution is 0.0306. The highest BCUT2D eigenvalue weighted by molar-refractivity contribution is 7.89. The third-order valence-corrected chi connectivity index (χ3v) is 8.86. The molecule has 0 amide bonds. The zero-order chi connectivity index (χ0) is 24.6. The van der Waals surface area contributed by atoms with Crippen molar-refractivity contribution in [2.24, 2.45) is 13.0 Å². The molecule has 1 N–H and O–H groups in total. The van der Waals surface area contributed by atoms with E-state index >= 15 is 0 Å². The van der Waals surface area contributed by atoms with Crippen molar-refractivity contribution >= 4 is 10.0 Å². The Morgan fingerprint density at radius 3 is 2.51 bits per heavy atom. The maximum absolute atomic E-state index is 12.7. The van der Waals surface area contributed by atoms with Crippen LogP contribution in [0.5, 0.6) is 11.5 Å². The molecule has 35 heavy (non-hydrogen) atoms. The molecule has 9 heteroatoms. The molecule has 0 spiro atoms. The van der Waals surface area contributed by atoms with Crippen LogP contribution in [0, 0.1) is 5.92 Å². The standard InChI is InChI=1S/C26H32N4O4S/c1-29-24(15-23(28-29)19-9-10-25(33-2)26(14-19)34-3)22-17-30-12-11-18(22)13-20(30)16-27-35(31,32)21-7-5-4-6-8-21/h4-10,14-15,18,20,22,27H,11-13,16-17H2,1-3H3. The number of piperidine rings is 3. The molecule has 0 saturated carbocycles.